The lowest BCUT2D eigenvalue weighted by molar-refractivity contribution is -0.138. The van der Waals surface area contributed by atoms with Crippen molar-refractivity contribution in [1.29, 1.82) is 0 Å². The van der Waals surface area contributed by atoms with Crippen LogP contribution in [0.5, 0.6) is 5.75 Å². The highest BCUT2D eigenvalue weighted by Crippen LogP contribution is 2.34. The van der Waals surface area contributed by atoms with Gasteiger partial charge in [-0.3, -0.25) is 9.59 Å². The first kappa shape index (κ1) is 16.1. The second-order valence-corrected chi connectivity index (χ2v) is 5.71. The van der Waals surface area contributed by atoms with Gasteiger partial charge in [0.25, 0.3) is 5.91 Å². The molecule has 0 spiro atoms. The van der Waals surface area contributed by atoms with Gasteiger partial charge in [0.2, 0.25) is 0 Å². The molecule has 0 bridgehead atoms. The number of nitrogens with zero attached hydrogens (tertiary/aromatic N) is 1. The van der Waals surface area contributed by atoms with Crippen LogP contribution in [0.15, 0.2) is 48.5 Å². The van der Waals surface area contributed by atoms with Crippen LogP contribution in [0, 0.1) is 0 Å². The summed E-state index contributed by atoms with van der Waals surface area (Å²) in [6.45, 7) is 2.90. The Morgan fingerprint density at radius 2 is 1.92 bits per heavy atom. The summed E-state index contributed by atoms with van der Waals surface area (Å²) in [6, 6.07) is 14.2. The van der Waals surface area contributed by atoms with Crippen molar-refractivity contribution in [3.8, 4) is 5.75 Å². The maximum absolute atomic E-state index is 12.7. The number of rotatable bonds is 6. The molecule has 124 valence electrons. The molecule has 1 heterocycles. The Morgan fingerprint density at radius 1 is 1.21 bits per heavy atom. The van der Waals surface area contributed by atoms with Crippen LogP contribution >= 0.6 is 0 Å². The molecule has 5 heteroatoms. The summed E-state index contributed by atoms with van der Waals surface area (Å²) in [4.78, 5) is 25.6. The minimum absolute atomic E-state index is 0.120. The van der Waals surface area contributed by atoms with Gasteiger partial charge in [-0.15, -0.1) is 0 Å². The predicted molar refractivity (Wildman–Crippen MR) is 88.9 cm³/mol. The van der Waals surface area contributed by atoms with E-state index in [1.54, 1.807) is 23.1 Å². The Kier molecular flexibility index (Phi) is 4.51. The number of benzene rings is 2. The fourth-order valence-corrected chi connectivity index (χ4v) is 3.05. The second-order valence-electron chi connectivity index (χ2n) is 5.71. The molecule has 1 amide bonds. The molecular weight excluding hydrogens is 306 g/mol. The van der Waals surface area contributed by atoms with Gasteiger partial charge < -0.3 is 14.7 Å². The van der Waals surface area contributed by atoms with Crippen LogP contribution in [0.25, 0.3) is 0 Å². The number of carboxylic acids is 1. The first-order valence-corrected chi connectivity index (χ1v) is 7.93. The number of fused-ring (bicyclic) bond motifs is 1. The Balaban J connectivity index is 1.90. The molecule has 0 fully saturated rings. The quantitative estimate of drug-likeness (QED) is 0.885. The van der Waals surface area contributed by atoms with Gasteiger partial charge in [-0.1, -0.05) is 30.3 Å². The molecule has 3 rings (SSSR count). The highest BCUT2D eigenvalue weighted by atomic mass is 16.5. The molecule has 1 N–H and O–H groups in total. The monoisotopic (exact) mass is 325 g/mol. The highest BCUT2D eigenvalue weighted by Gasteiger charge is 2.34. The molecule has 0 radical (unpaired) electrons. The van der Waals surface area contributed by atoms with Gasteiger partial charge in [0, 0.05) is 12.1 Å². The van der Waals surface area contributed by atoms with Crippen molar-refractivity contribution in [1.82, 2.24) is 4.90 Å². The zero-order chi connectivity index (χ0) is 17.1. The first-order valence-electron chi connectivity index (χ1n) is 7.93. The van der Waals surface area contributed by atoms with Gasteiger partial charge in [0.1, 0.15) is 5.75 Å². The van der Waals surface area contributed by atoms with Gasteiger partial charge >= 0.3 is 5.97 Å². The minimum atomic E-state index is -0.933. The van der Waals surface area contributed by atoms with Crippen molar-refractivity contribution in [2.75, 3.05) is 6.61 Å². The predicted octanol–water partition coefficient (Wildman–Crippen LogP) is 3.26. The lowest BCUT2D eigenvalue weighted by Gasteiger charge is -2.27. The molecule has 0 saturated carbocycles. The van der Waals surface area contributed by atoms with E-state index in [2.05, 4.69) is 0 Å². The van der Waals surface area contributed by atoms with Crippen molar-refractivity contribution in [2.24, 2.45) is 0 Å². The van der Waals surface area contributed by atoms with E-state index < -0.39 is 12.0 Å². The number of hydrogen-bond acceptors (Lipinski definition) is 3. The van der Waals surface area contributed by atoms with Crippen molar-refractivity contribution < 1.29 is 19.4 Å². The largest absolute Gasteiger partial charge is 0.494 e. The smallest absolute Gasteiger partial charge is 0.305 e. The van der Waals surface area contributed by atoms with E-state index in [1.807, 2.05) is 37.3 Å². The van der Waals surface area contributed by atoms with Crippen molar-refractivity contribution in [2.45, 2.75) is 25.9 Å². The zero-order valence-corrected chi connectivity index (χ0v) is 13.4. The molecule has 1 atom stereocenters. The van der Waals surface area contributed by atoms with E-state index in [1.165, 1.54) is 0 Å². The number of carboxylic acid groups (broad SMARTS) is 1. The summed E-state index contributed by atoms with van der Waals surface area (Å²) in [5, 5.41) is 9.28. The standard InChI is InChI=1S/C19H19NO4/c1-2-24-15-9-7-13(8-10-15)17(11-18(21)22)20-12-14-5-3-4-6-16(14)19(20)23/h3-10,17H,2,11-12H2,1H3,(H,21,22). The van der Waals surface area contributed by atoms with Crippen LogP contribution in [0.1, 0.15) is 40.9 Å². The number of amides is 1. The van der Waals surface area contributed by atoms with Gasteiger partial charge in [-0.25, -0.2) is 0 Å². The third-order valence-electron chi connectivity index (χ3n) is 4.17. The van der Waals surface area contributed by atoms with E-state index in [4.69, 9.17) is 4.74 Å². The maximum Gasteiger partial charge on any atom is 0.305 e. The lowest BCUT2D eigenvalue weighted by atomic mass is 10.0. The Labute approximate surface area is 140 Å². The van der Waals surface area contributed by atoms with Crippen LogP contribution in [-0.2, 0) is 11.3 Å². The third-order valence-corrected chi connectivity index (χ3v) is 4.17. The lowest BCUT2D eigenvalue weighted by Crippen LogP contribution is -2.30. The Hall–Kier alpha value is -2.82. The molecule has 1 aliphatic rings. The molecule has 1 unspecified atom stereocenters. The first-order chi connectivity index (χ1) is 11.6. The molecule has 0 aliphatic carbocycles. The van der Waals surface area contributed by atoms with Crippen LogP contribution in [-0.4, -0.2) is 28.5 Å². The molecular formula is C19H19NO4. The maximum atomic E-state index is 12.7. The number of carbonyl (C=O) groups excluding carboxylic acids is 1. The Morgan fingerprint density at radius 3 is 2.54 bits per heavy atom. The summed E-state index contributed by atoms with van der Waals surface area (Å²) in [7, 11) is 0. The van der Waals surface area contributed by atoms with Gasteiger partial charge in [-0.2, -0.15) is 0 Å². The second kappa shape index (κ2) is 6.74. The van der Waals surface area contributed by atoms with Gasteiger partial charge in [0.05, 0.1) is 19.1 Å². The number of hydrogen-bond donors (Lipinski definition) is 1. The van der Waals surface area contributed by atoms with Crippen LogP contribution < -0.4 is 4.74 Å². The molecule has 2 aromatic rings. The molecule has 5 nitrogen and oxygen atoms in total. The topological polar surface area (TPSA) is 66.8 Å². The summed E-state index contributed by atoms with van der Waals surface area (Å²) in [5.41, 5.74) is 2.38. The molecule has 2 aromatic carbocycles. The molecule has 0 aromatic heterocycles. The fourth-order valence-electron chi connectivity index (χ4n) is 3.05. The molecule has 0 saturated heterocycles. The van der Waals surface area contributed by atoms with Crippen molar-refractivity contribution >= 4 is 11.9 Å². The molecule has 24 heavy (non-hydrogen) atoms. The third kappa shape index (κ3) is 3.11. The van der Waals surface area contributed by atoms with E-state index in [-0.39, 0.29) is 12.3 Å². The van der Waals surface area contributed by atoms with Crippen molar-refractivity contribution in [3.63, 3.8) is 0 Å². The summed E-state index contributed by atoms with van der Waals surface area (Å²) < 4.78 is 5.42. The van der Waals surface area contributed by atoms with Gasteiger partial charge in [0.15, 0.2) is 0 Å². The van der Waals surface area contributed by atoms with E-state index in [0.29, 0.717) is 18.7 Å². The summed E-state index contributed by atoms with van der Waals surface area (Å²) in [5.74, 6) is -0.324. The van der Waals surface area contributed by atoms with Crippen LogP contribution in [0.2, 0.25) is 0 Å². The van der Waals surface area contributed by atoms with E-state index >= 15 is 0 Å². The van der Waals surface area contributed by atoms with Crippen LogP contribution in [0.4, 0.5) is 0 Å². The highest BCUT2D eigenvalue weighted by molar-refractivity contribution is 5.98. The van der Waals surface area contributed by atoms with Crippen LogP contribution in [0.3, 0.4) is 0 Å². The summed E-state index contributed by atoms with van der Waals surface area (Å²) in [6.07, 6.45) is -0.131. The fraction of sp³-hybridized carbons (Fsp3) is 0.263. The van der Waals surface area contributed by atoms with Crippen molar-refractivity contribution in [3.05, 3.63) is 65.2 Å². The zero-order valence-electron chi connectivity index (χ0n) is 13.4. The number of carbonyl (C=O) groups is 2. The number of aliphatic carboxylic acids is 1. The summed E-state index contributed by atoms with van der Waals surface area (Å²) >= 11 is 0. The normalized spacial score (nSPS) is 14.4. The van der Waals surface area contributed by atoms with Gasteiger partial charge in [-0.05, 0) is 36.2 Å². The SMILES string of the molecule is CCOc1ccc(C(CC(=O)O)N2Cc3ccccc3C2=O)cc1. The van der Waals surface area contributed by atoms with E-state index in [0.717, 1.165) is 16.9 Å². The number of ether oxygens (including phenoxy) is 1. The average Bonchev–Trinajstić information content (AvgIpc) is 2.91. The van der Waals surface area contributed by atoms with E-state index in [9.17, 15) is 14.7 Å². The average molecular weight is 325 g/mol. The molecule has 1 aliphatic heterocycles. The minimum Gasteiger partial charge on any atom is -0.494 e. The Bertz CT molecular complexity index is 754.